The van der Waals surface area contributed by atoms with E-state index in [2.05, 4.69) is 10.2 Å². The smallest absolute Gasteiger partial charge is 0.182 e. The summed E-state index contributed by atoms with van der Waals surface area (Å²) in [5.41, 5.74) is 3.72. The highest BCUT2D eigenvalue weighted by Gasteiger charge is 2.00. The minimum absolute atomic E-state index is 0.666. The first-order valence-electron chi connectivity index (χ1n) is 5.33. The van der Waals surface area contributed by atoms with Crippen molar-refractivity contribution in [3.05, 3.63) is 59.1 Å². The zero-order valence-electron chi connectivity index (χ0n) is 9.79. The Labute approximate surface area is 99.8 Å². The van der Waals surface area contributed by atoms with Crippen LogP contribution in [0.25, 0.3) is 0 Å². The van der Waals surface area contributed by atoms with Gasteiger partial charge in [-0.2, -0.15) is 15.0 Å². The maximum Gasteiger partial charge on any atom is 0.182 e. The zero-order valence-corrected chi connectivity index (χ0v) is 9.79. The Hall–Kier alpha value is -2.23. The molecule has 0 fully saturated rings. The SMILES string of the molecule is Cc1cccc(C)c1N=Nc1cc[n+]([O-])cc1. The van der Waals surface area contributed by atoms with Crippen LogP contribution in [0.5, 0.6) is 0 Å². The second kappa shape index (κ2) is 4.74. The second-order valence-corrected chi connectivity index (χ2v) is 3.86. The molecule has 0 aliphatic rings. The van der Waals surface area contributed by atoms with Crippen LogP contribution in [0, 0.1) is 19.1 Å². The molecule has 0 aliphatic carbocycles. The molecule has 4 heteroatoms. The Kier molecular flexibility index (Phi) is 3.14. The van der Waals surface area contributed by atoms with Gasteiger partial charge in [0.05, 0.1) is 11.4 Å². The van der Waals surface area contributed by atoms with Gasteiger partial charge in [0.25, 0.3) is 0 Å². The normalized spacial score (nSPS) is 10.9. The first-order chi connectivity index (χ1) is 8.16. The van der Waals surface area contributed by atoms with Crippen LogP contribution in [-0.2, 0) is 0 Å². The summed E-state index contributed by atoms with van der Waals surface area (Å²) in [4.78, 5) is 0. The third-order valence-corrected chi connectivity index (χ3v) is 2.49. The van der Waals surface area contributed by atoms with Crippen LogP contribution in [0.2, 0.25) is 0 Å². The van der Waals surface area contributed by atoms with E-state index in [1.807, 2.05) is 32.0 Å². The topological polar surface area (TPSA) is 51.7 Å². The van der Waals surface area contributed by atoms with Crippen molar-refractivity contribution >= 4 is 11.4 Å². The lowest BCUT2D eigenvalue weighted by Crippen LogP contribution is -2.22. The van der Waals surface area contributed by atoms with Gasteiger partial charge in [-0.15, -0.1) is 0 Å². The van der Waals surface area contributed by atoms with E-state index in [0.29, 0.717) is 5.69 Å². The maximum atomic E-state index is 10.8. The van der Waals surface area contributed by atoms with Crippen molar-refractivity contribution in [2.24, 2.45) is 10.2 Å². The number of azo groups is 1. The number of aryl methyl sites for hydroxylation is 2. The largest absolute Gasteiger partial charge is 0.619 e. The summed E-state index contributed by atoms with van der Waals surface area (Å²) < 4.78 is 0.720. The van der Waals surface area contributed by atoms with Gasteiger partial charge in [0, 0.05) is 12.1 Å². The van der Waals surface area contributed by atoms with Gasteiger partial charge in [0.2, 0.25) is 0 Å². The van der Waals surface area contributed by atoms with Crippen molar-refractivity contribution < 1.29 is 4.73 Å². The van der Waals surface area contributed by atoms with Gasteiger partial charge in [-0.25, -0.2) is 0 Å². The van der Waals surface area contributed by atoms with Gasteiger partial charge in [-0.1, -0.05) is 18.2 Å². The molecule has 4 nitrogen and oxygen atoms in total. The number of rotatable bonds is 2. The van der Waals surface area contributed by atoms with Crippen LogP contribution >= 0.6 is 0 Å². The predicted octanol–water partition coefficient (Wildman–Crippen LogP) is 3.35. The van der Waals surface area contributed by atoms with Crippen LogP contribution in [0.3, 0.4) is 0 Å². The Bertz CT molecular complexity index is 527. The quantitative estimate of drug-likeness (QED) is 0.441. The molecule has 0 spiro atoms. The van der Waals surface area contributed by atoms with Crippen molar-refractivity contribution in [1.82, 2.24) is 0 Å². The van der Waals surface area contributed by atoms with Crippen LogP contribution < -0.4 is 4.73 Å². The molecule has 2 aromatic rings. The van der Waals surface area contributed by atoms with Crippen molar-refractivity contribution in [3.63, 3.8) is 0 Å². The molecule has 0 atom stereocenters. The lowest BCUT2D eigenvalue weighted by molar-refractivity contribution is -0.605. The van der Waals surface area contributed by atoms with Crippen molar-refractivity contribution in [2.45, 2.75) is 13.8 Å². The molecular formula is C13H13N3O. The monoisotopic (exact) mass is 227 g/mol. The molecule has 0 saturated heterocycles. The van der Waals surface area contributed by atoms with E-state index >= 15 is 0 Å². The van der Waals surface area contributed by atoms with Gasteiger partial charge >= 0.3 is 0 Å². The fourth-order valence-corrected chi connectivity index (χ4v) is 1.54. The molecule has 0 unspecified atom stereocenters. The molecule has 0 radical (unpaired) electrons. The van der Waals surface area contributed by atoms with E-state index in [-0.39, 0.29) is 0 Å². The van der Waals surface area contributed by atoms with E-state index in [1.165, 1.54) is 12.4 Å². The molecule has 86 valence electrons. The number of aromatic nitrogens is 1. The zero-order chi connectivity index (χ0) is 12.3. The molecule has 0 amide bonds. The second-order valence-electron chi connectivity index (χ2n) is 3.86. The molecule has 1 aromatic carbocycles. The summed E-state index contributed by atoms with van der Waals surface area (Å²) in [5, 5.41) is 19.2. The van der Waals surface area contributed by atoms with Crippen LogP contribution in [0.15, 0.2) is 53.0 Å². The summed E-state index contributed by atoms with van der Waals surface area (Å²) >= 11 is 0. The van der Waals surface area contributed by atoms with Crippen LogP contribution in [0.4, 0.5) is 11.4 Å². The molecule has 2 rings (SSSR count). The van der Waals surface area contributed by atoms with Crippen LogP contribution in [-0.4, -0.2) is 0 Å². The Balaban J connectivity index is 2.29. The minimum Gasteiger partial charge on any atom is -0.619 e. The summed E-state index contributed by atoms with van der Waals surface area (Å²) in [5.74, 6) is 0. The molecular weight excluding hydrogens is 214 g/mol. The van der Waals surface area contributed by atoms with Gasteiger partial charge in [-0.3, -0.25) is 0 Å². The summed E-state index contributed by atoms with van der Waals surface area (Å²) in [7, 11) is 0. The number of hydrogen-bond donors (Lipinski definition) is 0. The van der Waals surface area contributed by atoms with Crippen molar-refractivity contribution in [3.8, 4) is 0 Å². The number of benzene rings is 1. The highest BCUT2D eigenvalue weighted by molar-refractivity contribution is 5.51. The molecule has 0 bridgehead atoms. The highest BCUT2D eigenvalue weighted by Crippen LogP contribution is 2.25. The van der Waals surface area contributed by atoms with Gasteiger partial charge in [-0.05, 0) is 25.0 Å². The van der Waals surface area contributed by atoms with Crippen molar-refractivity contribution in [2.75, 3.05) is 0 Å². The molecule has 0 aliphatic heterocycles. The van der Waals surface area contributed by atoms with Crippen molar-refractivity contribution in [1.29, 1.82) is 0 Å². The molecule has 0 saturated carbocycles. The standard InChI is InChI=1S/C13H13N3O/c1-10-4-3-5-11(2)13(10)15-14-12-6-8-16(17)9-7-12/h3-9H,1-2H3. The molecule has 1 heterocycles. The van der Waals surface area contributed by atoms with E-state index in [9.17, 15) is 5.21 Å². The van der Waals surface area contributed by atoms with Crippen LogP contribution in [0.1, 0.15) is 11.1 Å². The van der Waals surface area contributed by atoms with E-state index in [0.717, 1.165) is 21.5 Å². The van der Waals surface area contributed by atoms with Gasteiger partial charge in [0.1, 0.15) is 0 Å². The fourth-order valence-electron chi connectivity index (χ4n) is 1.54. The lowest BCUT2D eigenvalue weighted by Gasteiger charge is -2.02. The fraction of sp³-hybridized carbons (Fsp3) is 0.154. The molecule has 17 heavy (non-hydrogen) atoms. The average Bonchev–Trinajstić information content (AvgIpc) is 2.31. The van der Waals surface area contributed by atoms with E-state index in [4.69, 9.17) is 0 Å². The summed E-state index contributed by atoms with van der Waals surface area (Å²) in [6.07, 6.45) is 2.80. The Morgan fingerprint density at radius 2 is 1.53 bits per heavy atom. The molecule has 0 N–H and O–H groups in total. The predicted molar refractivity (Wildman–Crippen MR) is 65.5 cm³/mol. The average molecular weight is 227 g/mol. The molecule has 1 aromatic heterocycles. The summed E-state index contributed by atoms with van der Waals surface area (Å²) in [6.45, 7) is 4.00. The highest BCUT2D eigenvalue weighted by atomic mass is 16.5. The lowest BCUT2D eigenvalue weighted by atomic mass is 10.1. The minimum atomic E-state index is 0.666. The van der Waals surface area contributed by atoms with Gasteiger partial charge < -0.3 is 5.21 Å². The third-order valence-electron chi connectivity index (χ3n) is 2.49. The Morgan fingerprint density at radius 1 is 0.941 bits per heavy atom. The number of nitrogens with zero attached hydrogens (tertiary/aromatic N) is 3. The first kappa shape index (κ1) is 11.3. The van der Waals surface area contributed by atoms with E-state index in [1.54, 1.807) is 12.1 Å². The Morgan fingerprint density at radius 3 is 2.12 bits per heavy atom. The third kappa shape index (κ3) is 2.66. The maximum absolute atomic E-state index is 10.8. The van der Waals surface area contributed by atoms with Gasteiger partial charge in [0.15, 0.2) is 12.4 Å². The number of pyridine rings is 1. The van der Waals surface area contributed by atoms with E-state index < -0.39 is 0 Å². The first-order valence-corrected chi connectivity index (χ1v) is 5.33. The summed E-state index contributed by atoms with van der Waals surface area (Å²) in [6, 6.07) is 9.25. The number of hydrogen-bond acceptors (Lipinski definition) is 3.